The van der Waals surface area contributed by atoms with Crippen LogP contribution in [0.15, 0.2) is 66.7 Å². The van der Waals surface area contributed by atoms with E-state index in [9.17, 15) is 5.26 Å². The van der Waals surface area contributed by atoms with Gasteiger partial charge in [-0.2, -0.15) is 5.26 Å². The van der Waals surface area contributed by atoms with Crippen molar-refractivity contribution in [3.63, 3.8) is 0 Å². The molecular weight excluding hydrogens is 304 g/mol. The van der Waals surface area contributed by atoms with Crippen molar-refractivity contribution in [3.8, 4) is 11.8 Å². The average molecular weight is 324 g/mol. The summed E-state index contributed by atoms with van der Waals surface area (Å²) in [6.45, 7) is 6.70. The monoisotopic (exact) mass is 324 g/mol. The number of benzene rings is 3. The molecule has 0 unspecified atom stereocenters. The fraction of sp³-hybridized carbons (Fsp3) is 0.174. The Kier molecular flexibility index (Phi) is 3.40. The van der Waals surface area contributed by atoms with Crippen LogP contribution >= 0.6 is 0 Å². The summed E-state index contributed by atoms with van der Waals surface area (Å²) in [6.07, 6.45) is 0. The molecule has 1 aromatic heterocycles. The van der Waals surface area contributed by atoms with Crippen molar-refractivity contribution in [2.75, 3.05) is 0 Å². The zero-order valence-electron chi connectivity index (χ0n) is 14.7. The van der Waals surface area contributed by atoms with Gasteiger partial charge in [-0.1, -0.05) is 51.1 Å². The van der Waals surface area contributed by atoms with Crippen LogP contribution in [0.1, 0.15) is 31.9 Å². The average Bonchev–Trinajstić information content (AvgIpc) is 2.94. The van der Waals surface area contributed by atoms with E-state index in [4.69, 9.17) is 0 Å². The molecule has 0 aliphatic rings. The van der Waals surface area contributed by atoms with E-state index in [2.05, 4.69) is 79.9 Å². The Balaban J connectivity index is 2.16. The van der Waals surface area contributed by atoms with Gasteiger partial charge in [0.2, 0.25) is 0 Å². The summed E-state index contributed by atoms with van der Waals surface area (Å²) in [5.41, 5.74) is 5.54. The van der Waals surface area contributed by atoms with Crippen LogP contribution in [0.25, 0.3) is 27.5 Å². The highest BCUT2D eigenvalue weighted by atomic mass is 15.0. The van der Waals surface area contributed by atoms with Gasteiger partial charge in [0.15, 0.2) is 0 Å². The molecule has 0 radical (unpaired) electrons. The van der Waals surface area contributed by atoms with E-state index in [-0.39, 0.29) is 5.41 Å². The molecule has 122 valence electrons. The van der Waals surface area contributed by atoms with E-state index < -0.39 is 0 Å². The lowest BCUT2D eigenvalue weighted by molar-refractivity contribution is 0.591. The summed E-state index contributed by atoms with van der Waals surface area (Å²) in [5, 5.41) is 11.6. The lowest BCUT2D eigenvalue weighted by Crippen LogP contribution is -2.10. The lowest BCUT2D eigenvalue weighted by Gasteiger charge is -2.19. The van der Waals surface area contributed by atoms with Gasteiger partial charge in [0.25, 0.3) is 0 Å². The Morgan fingerprint density at radius 1 is 0.800 bits per heavy atom. The molecule has 4 rings (SSSR count). The number of rotatable bonds is 1. The van der Waals surface area contributed by atoms with Gasteiger partial charge in [-0.15, -0.1) is 0 Å². The molecule has 0 fully saturated rings. The molecule has 0 aliphatic carbocycles. The van der Waals surface area contributed by atoms with Crippen LogP contribution in [-0.2, 0) is 5.41 Å². The first-order valence-electron chi connectivity index (χ1n) is 8.53. The standard InChI is InChI=1S/C23H20N2/c1-23(2,3)17-10-11-19-20-13-16(15-24)9-12-21(20)25(22(19)14-17)18-7-5-4-6-8-18/h4-14H,1-3H3. The summed E-state index contributed by atoms with van der Waals surface area (Å²) >= 11 is 0. The Morgan fingerprint density at radius 2 is 1.56 bits per heavy atom. The fourth-order valence-corrected chi connectivity index (χ4v) is 3.41. The molecule has 0 aliphatic heterocycles. The predicted molar refractivity (Wildman–Crippen MR) is 104 cm³/mol. The van der Waals surface area contributed by atoms with Crippen LogP contribution < -0.4 is 0 Å². The molecule has 4 aromatic rings. The summed E-state index contributed by atoms with van der Waals surface area (Å²) in [5.74, 6) is 0. The summed E-state index contributed by atoms with van der Waals surface area (Å²) in [4.78, 5) is 0. The van der Waals surface area contributed by atoms with Crippen LogP contribution in [0.3, 0.4) is 0 Å². The Morgan fingerprint density at radius 3 is 2.24 bits per heavy atom. The van der Waals surface area contributed by atoms with Crippen molar-refractivity contribution < 1.29 is 0 Å². The van der Waals surface area contributed by atoms with Gasteiger partial charge in [-0.05, 0) is 47.4 Å². The second kappa shape index (κ2) is 5.50. The number of hydrogen-bond donors (Lipinski definition) is 0. The summed E-state index contributed by atoms with van der Waals surface area (Å²) in [6, 6.07) is 25.3. The molecule has 0 saturated carbocycles. The third-order valence-corrected chi connectivity index (χ3v) is 4.78. The maximum absolute atomic E-state index is 9.29. The molecule has 0 saturated heterocycles. The molecule has 2 heteroatoms. The van der Waals surface area contributed by atoms with Crippen LogP contribution in [0.2, 0.25) is 0 Å². The first-order chi connectivity index (χ1) is 12.0. The minimum atomic E-state index is 0.0873. The number of aromatic nitrogens is 1. The van der Waals surface area contributed by atoms with Crippen molar-refractivity contribution in [1.82, 2.24) is 4.57 Å². The van der Waals surface area contributed by atoms with Crippen LogP contribution in [0.5, 0.6) is 0 Å². The molecular formula is C23H20N2. The topological polar surface area (TPSA) is 28.7 Å². The Labute approximate surface area is 147 Å². The largest absolute Gasteiger partial charge is 0.309 e. The highest BCUT2D eigenvalue weighted by Gasteiger charge is 2.18. The molecule has 3 aromatic carbocycles. The first kappa shape index (κ1) is 15.5. The number of fused-ring (bicyclic) bond motifs is 3. The summed E-state index contributed by atoms with van der Waals surface area (Å²) in [7, 11) is 0. The Bertz CT molecular complexity index is 1120. The van der Waals surface area contributed by atoms with Crippen molar-refractivity contribution >= 4 is 21.8 Å². The normalized spacial score (nSPS) is 11.8. The SMILES string of the molecule is CC(C)(C)c1ccc2c3cc(C#N)ccc3n(-c3ccccc3)c2c1. The van der Waals surface area contributed by atoms with Crippen molar-refractivity contribution in [2.45, 2.75) is 26.2 Å². The van der Waals surface area contributed by atoms with Gasteiger partial charge in [-0.25, -0.2) is 0 Å². The maximum Gasteiger partial charge on any atom is 0.0991 e. The second-order valence-corrected chi connectivity index (χ2v) is 7.50. The van der Waals surface area contributed by atoms with Gasteiger partial charge in [0.1, 0.15) is 0 Å². The highest BCUT2D eigenvalue weighted by Crippen LogP contribution is 2.35. The van der Waals surface area contributed by atoms with Crippen molar-refractivity contribution in [2.24, 2.45) is 0 Å². The van der Waals surface area contributed by atoms with Crippen molar-refractivity contribution in [3.05, 3.63) is 77.9 Å². The lowest BCUT2D eigenvalue weighted by atomic mass is 9.86. The zero-order chi connectivity index (χ0) is 17.6. The van der Waals surface area contributed by atoms with E-state index >= 15 is 0 Å². The summed E-state index contributed by atoms with van der Waals surface area (Å²) < 4.78 is 2.29. The van der Waals surface area contributed by atoms with E-state index in [1.165, 1.54) is 16.5 Å². The van der Waals surface area contributed by atoms with Gasteiger partial charge < -0.3 is 4.57 Å². The van der Waals surface area contributed by atoms with E-state index in [1.807, 2.05) is 18.2 Å². The van der Waals surface area contributed by atoms with E-state index in [0.29, 0.717) is 5.56 Å². The van der Waals surface area contributed by atoms with Crippen LogP contribution in [0.4, 0.5) is 0 Å². The molecule has 0 N–H and O–H groups in total. The molecule has 0 atom stereocenters. The van der Waals surface area contributed by atoms with Crippen LogP contribution in [-0.4, -0.2) is 4.57 Å². The molecule has 2 nitrogen and oxygen atoms in total. The highest BCUT2D eigenvalue weighted by molar-refractivity contribution is 6.09. The molecule has 1 heterocycles. The molecule has 0 bridgehead atoms. The van der Waals surface area contributed by atoms with Gasteiger partial charge in [-0.3, -0.25) is 0 Å². The van der Waals surface area contributed by atoms with Crippen molar-refractivity contribution in [1.29, 1.82) is 5.26 Å². The Hall–Kier alpha value is -3.05. The minimum absolute atomic E-state index is 0.0873. The van der Waals surface area contributed by atoms with Gasteiger partial charge >= 0.3 is 0 Å². The van der Waals surface area contributed by atoms with E-state index in [1.54, 1.807) is 0 Å². The van der Waals surface area contributed by atoms with Crippen LogP contribution in [0, 0.1) is 11.3 Å². The number of nitrogens with zero attached hydrogens (tertiary/aromatic N) is 2. The number of nitriles is 1. The predicted octanol–water partition coefficient (Wildman–Crippen LogP) is 5.95. The number of para-hydroxylation sites is 1. The molecule has 25 heavy (non-hydrogen) atoms. The first-order valence-corrected chi connectivity index (χ1v) is 8.53. The van der Waals surface area contributed by atoms with Gasteiger partial charge in [0, 0.05) is 16.5 Å². The molecule has 0 amide bonds. The smallest absolute Gasteiger partial charge is 0.0991 e. The van der Waals surface area contributed by atoms with E-state index in [0.717, 1.165) is 16.6 Å². The number of hydrogen-bond acceptors (Lipinski definition) is 1. The van der Waals surface area contributed by atoms with Gasteiger partial charge in [0.05, 0.1) is 22.7 Å². The quantitative estimate of drug-likeness (QED) is 0.425. The minimum Gasteiger partial charge on any atom is -0.309 e. The second-order valence-electron chi connectivity index (χ2n) is 7.50. The third-order valence-electron chi connectivity index (χ3n) is 4.78. The fourth-order valence-electron chi connectivity index (χ4n) is 3.41. The molecule has 0 spiro atoms. The zero-order valence-corrected chi connectivity index (χ0v) is 14.7. The maximum atomic E-state index is 9.29. The third kappa shape index (κ3) is 2.49.